The molecule has 0 aliphatic heterocycles. The molecular formula is C15H24O3. The van der Waals surface area contributed by atoms with Crippen LogP contribution in [0, 0.1) is 5.92 Å². The summed E-state index contributed by atoms with van der Waals surface area (Å²) in [6.07, 6.45) is -0.871. The molecule has 0 saturated carbocycles. The minimum absolute atomic E-state index is 0.211. The van der Waals surface area contributed by atoms with Crippen LogP contribution in [0.3, 0.4) is 0 Å². The van der Waals surface area contributed by atoms with Gasteiger partial charge in [-0.15, -0.1) is 0 Å². The summed E-state index contributed by atoms with van der Waals surface area (Å²) >= 11 is 0. The Hall–Kier alpha value is -1.06. The smallest absolute Gasteiger partial charge is 0.125 e. The van der Waals surface area contributed by atoms with Gasteiger partial charge in [0.05, 0.1) is 12.7 Å². The van der Waals surface area contributed by atoms with Crippen LogP contribution >= 0.6 is 0 Å². The van der Waals surface area contributed by atoms with Gasteiger partial charge in [-0.3, -0.25) is 0 Å². The van der Waals surface area contributed by atoms with Crippen LogP contribution in [0.1, 0.15) is 39.4 Å². The van der Waals surface area contributed by atoms with E-state index in [-0.39, 0.29) is 12.0 Å². The van der Waals surface area contributed by atoms with Gasteiger partial charge in [0.1, 0.15) is 11.9 Å². The van der Waals surface area contributed by atoms with E-state index in [0.717, 1.165) is 11.3 Å². The summed E-state index contributed by atoms with van der Waals surface area (Å²) in [4.78, 5) is 0. The Morgan fingerprint density at radius 2 is 1.78 bits per heavy atom. The molecule has 2 atom stereocenters. The first kappa shape index (κ1) is 15.0. The molecular weight excluding hydrogens is 228 g/mol. The summed E-state index contributed by atoms with van der Waals surface area (Å²) in [6, 6.07) is 7.59. The molecule has 18 heavy (non-hydrogen) atoms. The lowest BCUT2D eigenvalue weighted by Crippen LogP contribution is -2.28. The molecule has 3 nitrogen and oxygen atoms in total. The van der Waals surface area contributed by atoms with Crippen LogP contribution in [-0.4, -0.2) is 24.4 Å². The van der Waals surface area contributed by atoms with Crippen molar-refractivity contribution in [3.8, 4) is 5.75 Å². The number of benzene rings is 1. The summed E-state index contributed by atoms with van der Waals surface area (Å²) in [6.45, 7) is 9.16. The van der Waals surface area contributed by atoms with Crippen LogP contribution in [0.4, 0.5) is 0 Å². The van der Waals surface area contributed by atoms with Gasteiger partial charge in [-0.25, -0.2) is 0 Å². The van der Waals surface area contributed by atoms with E-state index in [1.807, 2.05) is 52.0 Å². The van der Waals surface area contributed by atoms with Crippen molar-refractivity contribution in [1.82, 2.24) is 0 Å². The van der Waals surface area contributed by atoms with Crippen molar-refractivity contribution in [2.24, 2.45) is 5.92 Å². The van der Waals surface area contributed by atoms with E-state index in [4.69, 9.17) is 9.47 Å². The highest BCUT2D eigenvalue weighted by Crippen LogP contribution is 2.31. The molecule has 0 bridgehead atoms. The van der Waals surface area contributed by atoms with Crippen LogP contribution < -0.4 is 4.74 Å². The zero-order valence-electron chi connectivity index (χ0n) is 11.7. The fourth-order valence-corrected chi connectivity index (χ4v) is 2.03. The lowest BCUT2D eigenvalue weighted by molar-refractivity contribution is -0.0593. The molecule has 0 aliphatic rings. The van der Waals surface area contributed by atoms with Gasteiger partial charge in [-0.1, -0.05) is 32.0 Å². The normalized spacial score (nSPS) is 14.6. The Morgan fingerprint density at radius 1 is 1.11 bits per heavy atom. The monoisotopic (exact) mass is 252 g/mol. The number of hydrogen-bond donors (Lipinski definition) is 1. The third-order valence-electron chi connectivity index (χ3n) is 2.86. The van der Waals surface area contributed by atoms with Crippen molar-refractivity contribution in [3.63, 3.8) is 0 Å². The van der Waals surface area contributed by atoms with Gasteiger partial charge in [0.15, 0.2) is 0 Å². The number of rotatable bonds is 7. The second-order valence-corrected chi connectivity index (χ2v) is 4.58. The van der Waals surface area contributed by atoms with Crippen LogP contribution in [0.5, 0.6) is 5.75 Å². The maximum Gasteiger partial charge on any atom is 0.125 e. The van der Waals surface area contributed by atoms with E-state index in [1.165, 1.54) is 0 Å². The maximum atomic E-state index is 10.5. The lowest BCUT2D eigenvalue weighted by atomic mass is 9.95. The molecule has 0 spiro atoms. The second kappa shape index (κ2) is 7.39. The van der Waals surface area contributed by atoms with Crippen molar-refractivity contribution in [3.05, 3.63) is 29.8 Å². The SMILES string of the molecule is CCOc1ccccc1C(O)C(OCC)C(C)C. The van der Waals surface area contributed by atoms with Gasteiger partial charge >= 0.3 is 0 Å². The summed E-state index contributed by atoms with van der Waals surface area (Å²) < 4.78 is 11.2. The molecule has 3 heteroatoms. The maximum absolute atomic E-state index is 10.5. The number of aliphatic hydroxyl groups is 1. The molecule has 1 aromatic rings. The number of aliphatic hydroxyl groups excluding tert-OH is 1. The summed E-state index contributed by atoms with van der Waals surface area (Å²) in [7, 11) is 0. The molecule has 0 heterocycles. The van der Waals surface area contributed by atoms with Crippen LogP contribution in [0.2, 0.25) is 0 Å². The summed E-state index contributed by atoms with van der Waals surface area (Å²) in [5.74, 6) is 0.979. The van der Waals surface area contributed by atoms with Crippen molar-refractivity contribution < 1.29 is 14.6 Å². The average Bonchev–Trinajstić information content (AvgIpc) is 2.36. The first-order chi connectivity index (χ1) is 8.61. The van der Waals surface area contributed by atoms with Gasteiger partial charge in [-0.2, -0.15) is 0 Å². The Kier molecular flexibility index (Phi) is 6.16. The lowest BCUT2D eigenvalue weighted by Gasteiger charge is -2.27. The van der Waals surface area contributed by atoms with Gasteiger partial charge in [0.2, 0.25) is 0 Å². The quantitative estimate of drug-likeness (QED) is 0.810. The third-order valence-corrected chi connectivity index (χ3v) is 2.86. The molecule has 0 aliphatic carbocycles. The number of para-hydroxylation sites is 1. The van der Waals surface area contributed by atoms with Crippen molar-refractivity contribution >= 4 is 0 Å². The number of ether oxygens (including phenoxy) is 2. The zero-order chi connectivity index (χ0) is 13.5. The zero-order valence-corrected chi connectivity index (χ0v) is 11.7. The van der Waals surface area contributed by atoms with Gasteiger partial charge in [0.25, 0.3) is 0 Å². The van der Waals surface area contributed by atoms with Crippen LogP contribution in [0.15, 0.2) is 24.3 Å². The van der Waals surface area contributed by atoms with E-state index < -0.39 is 6.10 Å². The highest BCUT2D eigenvalue weighted by atomic mass is 16.5. The topological polar surface area (TPSA) is 38.7 Å². The molecule has 1 N–H and O–H groups in total. The largest absolute Gasteiger partial charge is 0.493 e. The van der Waals surface area contributed by atoms with Crippen LogP contribution in [0.25, 0.3) is 0 Å². The highest BCUT2D eigenvalue weighted by Gasteiger charge is 2.26. The Morgan fingerprint density at radius 3 is 2.33 bits per heavy atom. The minimum atomic E-state index is -0.660. The first-order valence-corrected chi connectivity index (χ1v) is 6.63. The van der Waals surface area contributed by atoms with Crippen molar-refractivity contribution in [2.45, 2.75) is 39.9 Å². The fraction of sp³-hybridized carbons (Fsp3) is 0.600. The first-order valence-electron chi connectivity index (χ1n) is 6.63. The van der Waals surface area contributed by atoms with E-state index in [9.17, 15) is 5.11 Å². The summed E-state index contributed by atoms with van der Waals surface area (Å²) in [5, 5.41) is 10.5. The predicted molar refractivity (Wildman–Crippen MR) is 72.8 cm³/mol. The van der Waals surface area contributed by atoms with E-state index in [1.54, 1.807) is 0 Å². The molecule has 1 rings (SSSR count). The Bertz CT molecular complexity index is 349. The molecule has 0 saturated heterocycles. The average molecular weight is 252 g/mol. The molecule has 0 aromatic heterocycles. The van der Waals surface area contributed by atoms with Crippen LogP contribution in [-0.2, 0) is 4.74 Å². The third kappa shape index (κ3) is 3.72. The molecule has 0 fully saturated rings. The van der Waals surface area contributed by atoms with E-state index in [2.05, 4.69) is 0 Å². The van der Waals surface area contributed by atoms with E-state index >= 15 is 0 Å². The molecule has 0 amide bonds. The predicted octanol–water partition coefficient (Wildman–Crippen LogP) is 3.18. The Labute approximate surface area is 110 Å². The molecule has 0 radical (unpaired) electrons. The Balaban J connectivity index is 2.96. The molecule has 1 aromatic carbocycles. The van der Waals surface area contributed by atoms with Crippen molar-refractivity contribution in [1.29, 1.82) is 0 Å². The van der Waals surface area contributed by atoms with Gasteiger partial charge < -0.3 is 14.6 Å². The molecule has 2 unspecified atom stereocenters. The van der Waals surface area contributed by atoms with Gasteiger partial charge in [0, 0.05) is 12.2 Å². The highest BCUT2D eigenvalue weighted by molar-refractivity contribution is 5.35. The van der Waals surface area contributed by atoms with E-state index in [0.29, 0.717) is 13.2 Å². The molecule has 102 valence electrons. The summed E-state index contributed by atoms with van der Waals surface area (Å²) in [5.41, 5.74) is 0.798. The van der Waals surface area contributed by atoms with Crippen molar-refractivity contribution in [2.75, 3.05) is 13.2 Å². The fourth-order valence-electron chi connectivity index (χ4n) is 2.03. The minimum Gasteiger partial charge on any atom is -0.493 e. The second-order valence-electron chi connectivity index (χ2n) is 4.58. The van der Waals surface area contributed by atoms with Gasteiger partial charge in [-0.05, 0) is 25.8 Å². The standard InChI is InChI=1S/C15H24O3/c1-5-17-13-10-8-7-9-12(13)14(16)15(11(3)4)18-6-2/h7-11,14-16H,5-6H2,1-4H3. The number of hydrogen-bond acceptors (Lipinski definition) is 3.